The van der Waals surface area contributed by atoms with Crippen LogP contribution in [0.25, 0.3) is 0 Å². The molecule has 1 atom stereocenters. The predicted molar refractivity (Wildman–Crippen MR) is 102 cm³/mol. The summed E-state index contributed by atoms with van der Waals surface area (Å²) >= 11 is 0. The molecule has 0 aliphatic carbocycles. The molecule has 0 fully saturated rings. The number of rotatable bonds is 7. The molecule has 26 heavy (non-hydrogen) atoms. The molecule has 0 amide bonds. The molecule has 0 saturated carbocycles. The maximum atomic E-state index is 5.66. The molecule has 1 N–H and O–H groups in total. The minimum absolute atomic E-state index is 0.00641. The third kappa shape index (κ3) is 3.76. The van der Waals surface area contributed by atoms with Crippen LogP contribution in [0.4, 0.5) is 0 Å². The molecule has 2 aromatic heterocycles. The summed E-state index contributed by atoms with van der Waals surface area (Å²) in [4.78, 5) is 4.53. The Hall–Kier alpha value is -3.11. The first-order valence-corrected chi connectivity index (χ1v) is 8.76. The molecule has 2 aromatic carbocycles. The number of hydrogen-bond acceptors (Lipinski definition) is 3. The second kappa shape index (κ2) is 7.85. The van der Waals surface area contributed by atoms with Crippen LogP contribution in [0.5, 0.6) is 0 Å². The average Bonchev–Trinajstić information content (AvgIpc) is 3.37. The topological polar surface area (TPSA) is 43.0 Å². The normalized spacial score (nSPS) is 12.2. The maximum absolute atomic E-state index is 5.66. The van der Waals surface area contributed by atoms with Crippen molar-refractivity contribution in [1.29, 1.82) is 0 Å². The molecule has 0 aliphatic heterocycles. The lowest BCUT2D eigenvalue weighted by Gasteiger charge is -2.17. The zero-order valence-electron chi connectivity index (χ0n) is 14.5. The second-order valence-corrected chi connectivity index (χ2v) is 6.20. The Bertz CT molecular complexity index is 914. The lowest BCUT2D eigenvalue weighted by atomic mass is 10.0. The van der Waals surface area contributed by atoms with E-state index in [0.717, 1.165) is 18.1 Å². The number of hydrogen-bond donors (Lipinski definition) is 1. The zero-order chi connectivity index (χ0) is 17.6. The molecule has 130 valence electrons. The van der Waals surface area contributed by atoms with Crippen molar-refractivity contribution < 1.29 is 4.42 Å². The summed E-state index contributed by atoms with van der Waals surface area (Å²) in [5, 5.41) is 3.59. The summed E-state index contributed by atoms with van der Waals surface area (Å²) in [6.45, 7) is 1.47. The van der Waals surface area contributed by atoms with E-state index in [2.05, 4.69) is 51.3 Å². The molecule has 0 bridgehead atoms. The van der Waals surface area contributed by atoms with Gasteiger partial charge in [0.1, 0.15) is 11.6 Å². The largest absolute Gasteiger partial charge is 0.467 e. The van der Waals surface area contributed by atoms with E-state index in [1.807, 2.05) is 48.8 Å². The summed E-state index contributed by atoms with van der Waals surface area (Å²) in [6, 6.07) is 24.7. The van der Waals surface area contributed by atoms with Crippen LogP contribution in [0, 0.1) is 0 Å². The fourth-order valence-electron chi connectivity index (χ4n) is 3.11. The van der Waals surface area contributed by atoms with Gasteiger partial charge >= 0.3 is 0 Å². The van der Waals surface area contributed by atoms with Gasteiger partial charge in [-0.1, -0.05) is 60.7 Å². The molecule has 1 unspecified atom stereocenters. The van der Waals surface area contributed by atoms with Gasteiger partial charge in [-0.05, 0) is 23.3 Å². The SMILES string of the molecule is c1ccc(Cn2ccnc2CNC(c2ccccc2)c2ccco2)cc1. The Morgan fingerprint density at radius 2 is 1.69 bits per heavy atom. The fraction of sp³-hybridized carbons (Fsp3) is 0.136. The van der Waals surface area contributed by atoms with Gasteiger partial charge in [0.15, 0.2) is 0 Å². The third-order valence-electron chi connectivity index (χ3n) is 4.42. The van der Waals surface area contributed by atoms with Gasteiger partial charge in [-0.2, -0.15) is 0 Å². The van der Waals surface area contributed by atoms with Gasteiger partial charge < -0.3 is 8.98 Å². The van der Waals surface area contributed by atoms with Crippen molar-refractivity contribution in [2.24, 2.45) is 0 Å². The number of imidazole rings is 1. The van der Waals surface area contributed by atoms with Crippen molar-refractivity contribution in [3.8, 4) is 0 Å². The van der Waals surface area contributed by atoms with Crippen molar-refractivity contribution >= 4 is 0 Å². The van der Waals surface area contributed by atoms with Crippen molar-refractivity contribution in [1.82, 2.24) is 14.9 Å². The van der Waals surface area contributed by atoms with Gasteiger partial charge in [0, 0.05) is 18.9 Å². The van der Waals surface area contributed by atoms with Crippen LogP contribution in [-0.4, -0.2) is 9.55 Å². The molecular formula is C22H21N3O. The van der Waals surface area contributed by atoms with Gasteiger partial charge in [0.05, 0.1) is 18.8 Å². The fourth-order valence-corrected chi connectivity index (χ4v) is 3.11. The van der Waals surface area contributed by atoms with Crippen LogP contribution in [0.1, 0.15) is 28.8 Å². The summed E-state index contributed by atoms with van der Waals surface area (Å²) in [5.41, 5.74) is 2.43. The minimum atomic E-state index is -0.00641. The standard InChI is InChI=1S/C22H21N3O/c1-3-8-18(9-4-1)17-25-14-13-23-21(25)16-24-22(20-12-7-15-26-20)19-10-5-2-6-11-19/h1-15,22,24H,16-17H2. The number of nitrogens with zero attached hydrogens (tertiary/aromatic N) is 2. The number of benzene rings is 2. The first-order chi connectivity index (χ1) is 12.9. The van der Waals surface area contributed by atoms with Crippen LogP contribution in [-0.2, 0) is 13.1 Å². The van der Waals surface area contributed by atoms with Crippen LogP contribution in [0.2, 0.25) is 0 Å². The van der Waals surface area contributed by atoms with E-state index in [1.54, 1.807) is 6.26 Å². The van der Waals surface area contributed by atoms with Gasteiger partial charge in [-0.15, -0.1) is 0 Å². The highest BCUT2D eigenvalue weighted by molar-refractivity contribution is 5.26. The monoisotopic (exact) mass is 343 g/mol. The van der Waals surface area contributed by atoms with Crippen LogP contribution < -0.4 is 5.32 Å². The first kappa shape index (κ1) is 16.4. The van der Waals surface area contributed by atoms with E-state index in [4.69, 9.17) is 4.42 Å². The third-order valence-corrected chi connectivity index (χ3v) is 4.42. The summed E-state index contributed by atoms with van der Waals surface area (Å²) in [7, 11) is 0. The van der Waals surface area contributed by atoms with E-state index < -0.39 is 0 Å². The van der Waals surface area contributed by atoms with Gasteiger partial charge in [-0.25, -0.2) is 4.98 Å². The molecule has 0 saturated heterocycles. The average molecular weight is 343 g/mol. The van der Waals surface area contributed by atoms with Gasteiger partial charge in [0.2, 0.25) is 0 Å². The van der Waals surface area contributed by atoms with Crippen LogP contribution >= 0.6 is 0 Å². The Morgan fingerprint density at radius 3 is 2.42 bits per heavy atom. The minimum Gasteiger partial charge on any atom is -0.467 e. The van der Waals surface area contributed by atoms with E-state index in [-0.39, 0.29) is 6.04 Å². The predicted octanol–water partition coefficient (Wildman–Crippen LogP) is 4.40. The van der Waals surface area contributed by atoms with E-state index in [9.17, 15) is 0 Å². The number of furan rings is 1. The summed E-state index contributed by atoms with van der Waals surface area (Å²) < 4.78 is 7.83. The lowest BCUT2D eigenvalue weighted by molar-refractivity contribution is 0.440. The zero-order valence-corrected chi connectivity index (χ0v) is 14.5. The Morgan fingerprint density at radius 1 is 0.923 bits per heavy atom. The van der Waals surface area contributed by atoms with Crippen molar-refractivity contribution in [2.45, 2.75) is 19.1 Å². The van der Waals surface area contributed by atoms with Crippen molar-refractivity contribution in [3.63, 3.8) is 0 Å². The molecule has 2 heterocycles. The highest BCUT2D eigenvalue weighted by Crippen LogP contribution is 2.22. The molecule has 4 aromatic rings. The van der Waals surface area contributed by atoms with E-state index in [1.165, 1.54) is 11.1 Å². The molecule has 0 spiro atoms. The van der Waals surface area contributed by atoms with Crippen LogP contribution in [0.15, 0.2) is 95.9 Å². The smallest absolute Gasteiger partial charge is 0.125 e. The second-order valence-electron chi connectivity index (χ2n) is 6.20. The number of nitrogens with one attached hydrogen (secondary N) is 1. The first-order valence-electron chi connectivity index (χ1n) is 8.76. The van der Waals surface area contributed by atoms with Crippen molar-refractivity contribution in [3.05, 3.63) is 114 Å². The van der Waals surface area contributed by atoms with Gasteiger partial charge in [-0.3, -0.25) is 5.32 Å². The highest BCUT2D eigenvalue weighted by Gasteiger charge is 2.17. The Labute approximate surface area is 153 Å². The molecule has 4 rings (SSSR count). The highest BCUT2D eigenvalue weighted by atomic mass is 16.3. The summed E-state index contributed by atoms with van der Waals surface area (Å²) in [5.74, 6) is 1.90. The lowest BCUT2D eigenvalue weighted by Crippen LogP contribution is -2.23. The van der Waals surface area contributed by atoms with E-state index in [0.29, 0.717) is 6.54 Å². The number of aromatic nitrogens is 2. The maximum Gasteiger partial charge on any atom is 0.125 e. The Kier molecular flexibility index (Phi) is 4.94. The molecular weight excluding hydrogens is 322 g/mol. The molecule has 4 heteroatoms. The van der Waals surface area contributed by atoms with E-state index >= 15 is 0 Å². The molecule has 0 aliphatic rings. The Balaban J connectivity index is 1.51. The molecule has 0 radical (unpaired) electrons. The summed E-state index contributed by atoms with van der Waals surface area (Å²) in [6.07, 6.45) is 5.59. The molecule has 4 nitrogen and oxygen atoms in total. The van der Waals surface area contributed by atoms with Crippen molar-refractivity contribution in [2.75, 3.05) is 0 Å². The van der Waals surface area contributed by atoms with Gasteiger partial charge in [0.25, 0.3) is 0 Å². The van der Waals surface area contributed by atoms with Crippen LogP contribution in [0.3, 0.4) is 0 Å². The quantitative estimate of drug-likeness (QED) is 0.541.